The number of rotatable bonds is 3. The van der Waals surface area contributed by atoms with Gasteiger partial charge in [-0.05, 0) is 30.9 Å². The molecule has 0 aromatic heterocycles. The Morgan fingerprint density at radius 1 is 1.57 bits per heavy atom. The molecule has 0 spiro atoms. The number of carboxylic acids is 1. The van der Waals surface area contributed by atoms with Crippen molar-refractivity contribution >= 4 is 5.97 Å². The number of carbonyl (C=O) groups is 1. The molecular weight excluding hydrogens is 271 g/mol. The third kappa shape index (κ3) is 3.06. The van der Waals surface area contributed by atoms with Crippen LogP contribution in [-0.2, 0) is 11.3 Å². The monoisotopic (exact) mass is 290 g/mol. The second kappa shape index (κ2) is 5.82. The normalized spacial score (nSPS) is 21.7. The average Bonchev–Trinajstić information content (AvgIpc) is 2.39. The van der Waals surface area contributed by atoms with Gasteiger partial charge in [-0.1, -0.05) is 26.0 Å². The van der Waals surface area contributed by atoms with E-state index in [0.29, 0.717) is 12.1 Å². The fourth-order valence-corrected chi connectivity index (χ4v) is 3.17. The summed E-state index contributed by atoms with van der Waals surface area (Å²) in [4.78, 5) is 13.4. The first kappa shape index (κ1) is 15.5. The number of nitrogens with zero attached hydrogens (tertiary/aromatic N) is 2. The molecule has 1 unspecified atom stereocenters. The summed E-state index contributed by atoms with van der Waals surface area (Å²) < 4.78 is 14.2. The molecule has 1 atom stereocenters. The second-order valence-corrected chi connectivity index (χ2v) is 6.19. The molecule has 0 amide bonds. The summed E-state index contributed by atoms with van der Waals surface area (Å²) in [6, 6.07) is 5.83. The third-order valence-corrected chi connectivity index (χ3v) is 4.18. The second-order valence-electron chi connectivity index (χ2n) is 6.19. The summed E-state index contributed by atoms with van der Waals surface area (Å²) in [6.07, 6.45) is 1.72. The number of hydrogen-bond donors (Lipinski definition) is 1. The molecule has 112 valence electrons. The molecule has 1 aromatic carbocycles. The van der Waals surface area contributed by atoms with E-state index in [0.717, 1.165) is 12.8 Å². The number of benzene rings is 1. The van der Waals surface area contributed by atoms with Crippen LogP contribution in [0.3, 0.4) is 0 Å². The number of hydrogen-bond acceptors (Lipinski definition) is 3. The Morgan fingerprint density at radius 2 is 2.29 bits per heavy atom. The maximum atomic E-state index is 14.2. The van der Waals surface area contributed by atoms with E-state index in [1.807, 2.05) is 19.9 Å². The van der Waals surface area contributed by atoms with E-state index in [9.17, 15) is 14.3 Å². The number of piperidine rings is 1. The molecule has 1 aliphatic heterocycles. The van der Waals surface area contributed by atoms with Crippen LogP contribution in [0.25, 0.3) is 0 Å². The van der Waals surface area contributed by atoms with E-state index in [1.54, 1.807) is 17.0 Å². The number of likely N-dealkylation sites (tertiary alicyclic amines) is 1. The largest absolute Gasteiger partial charge is 0.480 e. The minimum atomic E-state index is -0.878. The molecule has 1 aromatic rings. The molecule has 2 rings (SSSR count). The molecule has 1 fully saturated rings. The van der Waals surface area contributed by atoms with Gasteiger partial charge >= 0.3 is 5.97 Å². The lowest BCUT2D eigenvalue weighted by Gasteiger charge is -2.44. The van der Waals surface area contributed by atoms with E-state index in [1.165, 1.54) is 6.07 Å². The van der Waals surface area contributed by atoms with Gasteiger partial charge in [-0.3, -0.25) is 9.69 Å². The zero-order chi connectivity index (χ0) is 15.6. The zero-order valence-corrected chi connectivity index (χ0v) is 12.3. The first-order valence-electron chi connectivity index (χ1n) is 7.01. The Kier molecular flexibility index (Phi) is 4.29. The van der Waals surface area contributed by atoms with Crippen LogP contribution in [0.2, 0.25) is 0 Å². The first-order chi connectivity index (χ1) is 9.86. The van der Waals surface area contributed by atoms with E-state index >= 15 is 0 Å². The molecule has 0 saturated carbocycles. The Bertz CT molecular complexity index is 592. The van der Waals surface area contributed by atoms with Crippen LogP contribution >= 0.6 is 0 Å². The highest BCUT2D eigenvalue weighted by Gasteiger charge is 2.42. The minimum absolute atomic E-state index is 0.00403. The van der Waals surface area contributed by atoms with Crippen molar-refractivity contribution in [2.24, 2.45) is 5.41 Å². The standard InChI is InChI=1S/C16H19FN2O2/c1-16(2)7-4-8-19(14(16)15(20)21)10-12-6-3-5-11(9-18)13(12)17/h3,5-6,14H,4,7-8,10H2,1-2H3,(H,20,21). The van der Waals surface area contributed by atoms with Gasteiger partial charge in [0.1, 0.15) is 17.9 Å². The molecule has 1 aliphatic rings. The van der Waals surface area contributed by atoms with E-state index in [2.05, 4.69) is 0 Å². The van der Waals surface area contributed by atoms with Crippen molar-refractivity contribution in [2.45, 2.75) is 39.3 Å². The van der Waals surface area contributed by atoms with Gasteiger partial charge in [0.15, 0.2) is 0 Å². The molecule has 1 heterocycles. The number of aliphatic carboxylic acids is 1. The zero-order valence-electron chi connectivity index (χ0n) is 12.3. The highest BCUT2D eigenvalue weighted by molar-refractivity contribution is 5.74. The molecule has 1 N–H and O–H groups in total. The van der Waals surface area contributed by atoms with Crippen LogP contribution in [0.5, 0.6) is 0 Å². The van der Waals surface area contributed by atoms with Gasteiger partial charge in [-0.2, -0.15) is 5.26 Å². The number of carboxylic acid groups (broad SMARTS) is 1. The Labute approximate surface area is 123 Å². The van der Waals surface area contributed by atoms with E-state index < -0.39 is 17.8 Å². The van der Waals surface area contributed by atoms with Gasteiger partial charge < -0.3 is 5.11 Å². The third-order valence-electron chi connectivity index (χ3n) is 4.18. The summed E-state index contributed by atoms with van der Waals surface area (Å²) in [5.41, 5.74) is 0.0153. The van der Waals surface area contributed by atoms with Crippen molar-refractivity contribution in [2.75, 3.05) is 6.54 Å². The maximum absolute atomic E-state index is 14.2. The fourth-order valence-electron chi connectivity index (χ4n) is 3.17. The van der Waals surface area contributed by atoms with Crippen molar-refractivity contribution in [3.63, 3.8) is 0 Å². The van der Waals surface area contributed by atoms with E-state index in [4.69, 9.17) is 5.26 Å². The topological polar surface area (TPSA) is 64.3 Å². The summed E-state index contributed by atoms with van der Waals surface area (Å²) in [5.74, 6) is -1.43. The highest BCUT2D eigenvalue weighted by atomic mass is 19.1. The van der Waals surface area contributed by atoms with Crippen LogP contribution in [-0.4, -0.2) is 28.6 Å². The summed E-state index contributed by atoms with van der Waals surface area (Å²) in [7, 11) is 0. The first-order valence-corrected chi connectivity index (χ1v) is 7.01. The Hall–Kier alpha value is -1.93. The smallest absolute Gasteiger partial charge is 0.321 e. The van der Waals surface area contributed by atoms with Crippen molar-refractivity contribution in [1.82, 2.24) is 4.90 Å². The number of nitriles is 1. The predicted molar refractivity (Wildman–Crippen MR) is 76.0 cm³/mol. The van der Waals surface area contributed by atoms with E-state index in [-0.39, 0.29) is 17.5 Å². The lowest BCUT2D eigenvalue weighted by atomic mass is 9.76. The lowest BCUT2D eigenvalue weighted by Crippen LogP contribution is -2.53. The summed E-state index contributed by atoms with van der Waals surface area (Å²) in [5, 5.41) is 18.4. The van der Waals surface area contributed by atoms with Gasteiger partial charge in [0.05, 0.1) is 5.56 Å². The average molecular weight is 290 g/mol. The van der Waals surface area contributed by atoms with Gasteiger partial charge in [0.25, 0.3) is 0 Å². The molecule has 5 heteroatoms. The highest BCUT2D eigenvalue weighted by Crippen LogP contribution is 2.36. The van der Waals surface area contributed by atoms with Crippen LogP contribution in [0.4, 0.5) is 4.39 Å². The molecule has 1 saturated heterocycles. The van der Waals surface area contributed by atoms with Crippen molar-refractivity contribution in [1.29, 1.82) is 5.26 Å². The molecule has 0 bridgehead atoms. The van der Waals surface area contributed by atoms with Crippen LogP contribution < -0.4 is 0 Å². The van der Waals surface area contributed by atoms with Crippen LogP contribution in [0.1, 0.15) is 37.8 Å². The van der Waals surface area contributed by atoms with Gasteiger partial charge in [0.2, 0.25) is 0 Å². The fraction of sp³-hybridized carbons (Fsp3) is 0.500. The molecule has 0 aliphatic carbocycles. The SMILES string of the molecule is CC1(C)CCCN(Cc2cccc(C#N)c2F)C1C(=O)O. The predicted octanol–water partition coefficient (Wildman–Crippen LogP) is 2.77. The van der Waals surface area contributed by atoms with Crippen molar-refractivity contribution in [3.05, 3.63) is 35.1 Å². The molecule has 4 nitrogen and oxygen atoms in total. The lowest BCUT2D eigenvalue weighted by molar-refractivity contribution is -0.151. The molecular formula is C16H19FN2O2. The van der Waals surface area contributed by atoms with Gasteiger partial charge in [-0.15, -0.1) is 0 Å². The summed E-state index contributed by atoms with van der Waals surface area (Å²) >= 11 is 0. The van der Waals surface area contributed by atoms with Crippen LogP contribution in [0.15, 0.2) is 18.2 Å². The van der Waals surface area contributed by atoms with Crippen molar-refractivity contribution in [3.8, 4) is 6.07 Å². The molecule has 21 heavy (non-hydrogen) atoms. The Morgan fingerprint density at radius 3 is 2.90 bits per heavy atom. The van der Waals surface area contributed by atoms with Crippen LogP contribution in [0, 0.1) is 22.6 Å². The van der Waals surface area contributed by atoms with Gasteiger partial charge in [0, 0.05) is 12.1 Å². The minimum Gasteiger partial charge on any atom is -0.480 e. The Balaban J connectivity index is 2.30. The van der Waals surface area contributed by atoms with Gasteiger partial charge in [-0.25, -0.2) is 4.39 Å². The quantitative estimate of drug-likeness (QED) is 0.929. The maximum Gasteiger partial charge on any atom is 0.321 e. The number of halogens is 1. The molecule has 0 radical (unpaired) electrons. The summed E-state index contributed by atoms with van der Waals surface area (Å²) in [6.45, 7) is 4.69. The van der Waals surface area contributed by atoms with Crippen molar-refractivity contribution < 1.29 is 14.3 Å².